The zero-order valence-corrected chi connectivity index (χ0v) is 11.8. The summed E-state index contributed by atoms with van der Waals surface area (Å²) < 4.78 is 0. The minimum atomic E-state index is -0.000469. The van der Waals surface area contributed by atoms with Gasteiger partial charge in [-0.25, -0.2) is 15.0 Å². The molecule has 0 saturated heterocycles. The molecule has 0 radical (unpaired) electrons. The average Bonchev–Trinajstić information content (AvgIpc) is 2.48. The van der Waals surface area contributed by atoms with Crippen LogP contribution in [0.5, 0.6) is 0 Å². The van der Waals surface area contributed by atoms with E-state index in [-0.39, 0.29) is 6.04 Å². The van der Waals surface area contributed by atoms with E-state index in [4.69, 9.17) is 5.73 Å². The molecule has 0 aliphatic heterocycles. The highest BCUT2D eigenvalue weighted by atomic mass is 32.2. The number of hydrogen-bond acceptors (Lipinski definition) is 5. The maximum absolute atomic E-state index is 5.90. The molecule has 0 fully saturated rings. The predicted molar refractivity (Wildman–Crippen MR) is 80.5 cm³/mol. The monoisotopic (exact) mass is 282 g/mol. The number of hydrogen-bond donors (Lipinski definition) is 1. The van der Waals surface area contributed by atoms with Gasteiger partial charge in [0.25, 0.3) is 0 Å². The lowest BCUT2D eigenvalue weighted by atomic mass is 10.1. The van der Waals surface area contributed by atoms with Crippen LogP contribution in [0.1, 0.15) is 18.5 Å². The van der Waals surface area contributed by atoms with Gasteiger partial charge in [0.1, 0.15) is 16.4 Å². The van der Waals surface area contributed by atoms with Gasteiger partial charge in [-0.05, 0) is 42.4 Å². The summed E-state index contributed by atoms with van der Waals surface area (Å²) in [4.78, 5) is 13.0. The molecular weight excluding hydrogens is 268 g/mol. The molecule has 0 spiro atoms. The summed E-state index contributed by atoms with van der Waals surface area (Å²) in [5, 5.41) is 2.83. The molecule has 4 nitrogen and oxygen atoms in total. The van der Waals surface area contributed by atoms with Crippen molar-refractivity contribution in [3.8, 4) is 0 Å². The van der Waals surface area contributed by atoms with Gasteiger partial charge in [0.15, 0.2) is 0 Å². The van der Waals surface area contributed by atoms with E-state index in [0.29, 0.717) is 0 Å². The number of nitrogens with zero attached hydrogens (tertiary/aromatic N) is 3. The molecule has 0 saturated carbocycles. The van der Waals surface area contributed by atoms with Crippen LogP contribution in [0.4, 0.5) is 0 Å². The first-order chi connectivity index (χ1) is 9.74. The van der Waals surface area contributed by atoms with Crippen LogP contribution in [0.25, 0.3) is 10.9 Å². The van der Waals surface area contributed by atoms with Crippen LogP contribution in [-0.4, -0.2) is 15.0 Å². The second-order valence-corrected chi connectivity index (χ2v) is 5.52. The number of rotatable bonds is 3. The Morgan fingerprint density at radius 3 is 2.80 bits per heavy atom. The number of benzene rings is 1. The van der Waals surface area contributed by atoms with Crippen LogP contribution in [0.15, 0.2) is 59.0 Å². The molecule has 3 aromatic rings. The molecule has 0 aliphatic carbocycles. The first kappa shape index (κ1) is 13.0. The Kier molecular flexibility index (Phi) is 3.62. The van der Waals surface area contributed by atoms with Crippen LogP contribution in [0.3, 0.4) is 0 Å². The number of para-hydroxylation sites is 1. The lowest BCUT2D eigenvalue weighted by molar-refractivity contribution is 0.808. The molecule has 0 aliphatic rings. The van der Waals surface area contributed by atoms with Crippen molar-refractivity contribution in [2.24, 2.45) is 5.73 Å². The lowest BCUT2D eigenvalue weighted by Gasteiger charge is -2.07. The molecule has 0 unspecified atom stereocenters. The minimum absolute atomic E-state index is 0.000469. The first-order valence-electron chi connectivity index (χ1n) is 6.33. The van der Waals surface area contributed by atoms with E-state index in [1.165, 1.54) is 11.8 Å². The average molecular weight is 282 g/mol. The number of nitrogens with two attached hydrogens (primary N) is 1. The van der Waals surface area contributed by atoms with Gasteiger partial charge >= 0.3 is 0 Å². The van der Waals surface area contributed by atoms with E-state index in [2.05, 4.69) is 15.0 Å². The van der Waals surface area contributed by atoms with E-state index in [1.54, 1.807) is 12.5 Å². The van der Waals surface area contributed by atoms with E-state index >= 15 is 0 Å². The van der Waals surface area contributed by atoms with Crippen molar-refractivity contribution in [1.29, 1.82) is 0 Å². The Balaban J connectivity index is 1.99. The summed E-state index contributed by atoms with van der Waals surface area (Å²) in [6, 6.07) is 11.9. The van der Waals surface area contributed by atoms with E-state index in [9.17, 15) is 0 Å². The molecule has 20 heavy (non-hydrogen) atoms. The fraction of sp³-hybridized carbons (Fsp3) is 0.133. The third kappa shape index (κ3) is 2.64. The first-order valence-corrected chi connectivity index (χ1v) is 7.15. The van der Waals surface area contributed by atoms with Crippen molar-refractivity contribution in [2.75, 3.05) is 0 Å². The molecule has 100 valence electrons. The number of fused-ring (bicyclic) bond motifs is 1. The third-order valence-electron chi connectivity index (χ3n) is 2.99. The van der Waals surface area contributed by atoms with Gasteiger partial charge < -0.3 is 5.73 Å². The van der Waals surface area contributed by atoms with Gasteiger partial charge in [0.05, 0.1) is 5.52 Å². The Morgan fingerprint density at radius 2 is 1.95 bits per heavy atom. The zero-order valence-electron chi connectivity index (χ0n) is 11.0. The van der Waals surface area contributed by atoms with Crippen LogP contribution < -0.4 is 5.73 Å². The molecule has 2 aromatic heterocycles. The Bertz CT molecular complexity index is 737. The van der Waals surface area contributed by atoms with Gasteiger partial charge in [0.2, 0.25) is 0 Å². The van der Waals surface area contributed by atoms with Gasteiger partial charge in [-0.2, -0.15) is 0 Å². The fourth-order valence-electron chi connectivity index (χ4n) is 1.92. The number of aromatic nitrogens is 3. The summed E-state index contributed by atoms with van der Waals surface area (Å²) >= 11 is 1.53. The molecule has 1 atom stereocenters. The predicted octanol–water partition coefficient (Wildman–Crippen LogP) is 3.20. The van der Waals surface area contributed by atoms with Crippen molar-refractivity contribution >= 4 is 22.7 Å². The van der Waals surface area contributed by atoms with Gasteiger partial charge in [0, 0.05) is 17.6 Å². The number of pyridine rings is 1. The highest BCUT2D eigenvalue weighted by Crippen LogP contribution is 2.30. The van der Waals surface area contributed by atoms with Crippen LogP contribution in [-0.2, 0) is 0 Å². The van der Waals surface area contributed by atoms with Gasteiger partial charge in [-0.15, -0.1) is 0 Å². The molecular formula is C15H14N4S. The standard InChI is InChI=1S/C15H14N4S/c1-10(16)11-6-7-17-14(8-11)20-15-12-4-2-3-5-13(12)18-9-19-15/h2-10H,16H2,1H3/t10-/m1/s1. The van der Waals surface area contributed by atoms with Crippen molar-refractivity contribution in [1.82, 2.24) is 15.0 Å². The normalized spacial score (nSPS) is 12.5. The molecule has 2 N–H and O–H groups in total. The van der Waals surface area contributed by atoms with Gasteiger partial charge in [-0.1, -0.05) is 18.2 Å². The summed E-state index contributed by atoms with van der Waals surface area (Å²) in [5.41, 5.74) is 7.91. The molecule has 5 heteroatoms. The van der Waals surface area contributed by atoms with Gasteiger partial charge in [-0.3, -0.25) is 0 Å². The molecule has 2 heterocycles. The minimum Gasteiger partial charge on any atom is -0.324 e. The largest absolute Gasteiger partial charge is 0.324 e. The molecule has 1 aromatic carbocycles. The highest BCUT2D eigenvalue weighted by Gasteiger charge is 2.07. The van der Waals surface area contributed by atoms with E-state index in [1.807, 2.05) is 43.3 Å². The smallest absolute Gasteiger partial charge is 0.117 e. The third-order valence-corrected chi connectivity index (χ3v) is 3.94. The quantitative estimate of drug-likeness (QED) is 0.747. The van der Waals surface area contributed by atoms with Crippen molar-refractivity contribution in [2.45, 2.75) is 23.0 Å². The fourth-order valence-corrected chi connectivity index (χ4v) is 2.81. The topological polar surface area (TPSA) is 64.7 Å². The SMILES string of the molecule is C[C@@H](N)c1ccnc(Sc2ncnc3ccccc23)c1. The molecule has 0 amide bonds. The van der Waals surface area contributed by atoms with E-state index < -0.39 is 0 Å². The summed E-state index contributed by atoms with van der Waals surface area (Å²) in [5.74, 6) is 0. The molecule has 0 bridgehead atoms. The van der Waals surface area contributed by atoms with Crippen molar-refractivity contribution < 1.29 is 0 Å². The Hall–Kier alpha value is -1.98. The highest BCUT2D eigenvalue weighted by molar-refractivity contribution is 7.99. The summed E-state index contributed by atoms with van der Waals surface area (Å²) in [7, 11) is 0. The Morgan fingerprint density at radius 1 is 1.10 bits per heavy atom. The second kappa shape index (κ2) is 5.56. The second-order valence-electron chi connectivity index (χ2n) is 4.51. The van der Waals surface area contributed by atoms with Crippen molar-refractivity contribution in [3.63, 3.8) is 0 Å². The van der Waals surface area contributed by atoms with Crippen LogP contribution >= 0.6 is 11.8 Å². The molecule has 3 rings (SSSR count). The lowest BCUT2D eigenvalue weighted by Crippen LogP contribution is -2.05. The maximum Gasteiger partial charge on any atom is 0.117 e. The Labute approximate surface area is 121 Å². The van der Waals surface area contributed by atoms with Crippen molar-refractivity contribution in [3.05, 3.63) is 54.5 Å². The maximum atomic E-state index is 5.90. The van der Waals surface area contributed by atoms with E-state index in [0.717, 1.165) is 26.5 Å². The summed E-state index contributed by atoms with van der Waals surface area (Å²) in [6.07, 6.45) is 3.37. The van der Waals surface area contributed by atoms with Crippen LogP contribution in [0, 0.1) is 0 Å². The summed E-state index contributed by atoms with van der Waals surface area (Å²) in [6.45, 7) is 1.96. The zero-order chi connectivity index (χ0) is 13.9. The van der Waals surface area contributed by atoms with Crippen LogP contribution in [0.2, 0.25) is 0 Å².